The highest BCUT2D eigenvalue weighted by Gasteiger charge is 2.60. The largest absolute Gasteiger partial charge is 0.508 e. The molecule has 3 aliphatic heterocycles. The summed E-state index contributed by atoms with van der Waals surface area (Å²) >= 11 is 0. The summed E-state index contributed by atoms with van der Waals surface area (Å²) in [6.45, 7) is 0. The minimum absolute atomic E-state index is 0.104. The van der Waals surface area contributed by atoms with E-state index in [0.717, 1.165) is 36.4 Å². The van der Waals surface area contributed by atoms with Crippen LogP contribution in [0.15, 0.2) is 48.5 Å². The van der Waals surface area contributed by atoms with Crippen LogP contribution in [0.1, 0.15) is 44.6 Å². The number of fused-ring (bicyclic) bond motifs is 8. The molecule has 5 unspecified atom stereocenters. The quantitative estimate of drug-likeness (QED) is 0.147. The van der Waals surface area contributed by atoms with Crippen LogP contribution in [0, 0.1) is 0 Å². The predicted molar refractivity (Wildman–Crippen MR) is 144 cm³/mol. The number of carbonyl (C=O) groups is 1. The van der Waals surface area contributed by atoms with Gasteiger partial charge in [0.2, 0.25) is 5.78 Å². The molecule has 0 amide bonds. The van der Waals surface area contributed by atoms with Gasteiger partial charge in [-0.1, -0.05) is 0 Å². The molecule has 0 aliphatic carbocycles. The van der Waals surface area contributed by atoms with Crippen molar-refractivity contribution in [1.82, 2.24) is 0 Å². The smallest absolute Gasteiger partial charge is 0.305 e. The van der Waals surface area contributed by atoms with E-state index in [0.29, 0.717) is 0 Å². The summed E-state index contributed by atoms with van der Waals surface area (Å²) in [5.41, 5.74) is -1.06. The number of phenolic OH excluding ortho intramolecular Hbond substituents is 8. The molecule has 5 atom stereocenters. The first-order chi connectivity index (χ1) is 20.8. The molecule has 7 rings (SSSR count). The van der Waals surface area contributed by atoms with Crippen molar-refractivity contribution in [3.63, 3.8) is 0 Å². The fourth-order valence-corrected chi connectivity index (χ4v) is 6.10. The van der Waals surface area contributed by atoms with E-state index in [4.69, 9.17) is 14.2 Å². The number of aromatic hydroxyl groups is 8. The van der Waals surface area contributed by atoms with Gasteiger partial charge in [0.25, 0.3) is 0 Å². The first-order valence-electron chi connectivity index (χ1n) is 13.0. The van der Waals surface area contributed by atoms with E-state index < -0.39 is 81.6 Å². The molecule has 0 radical (unpaired) electrons. The second-order valence-electron chi connectivity index (χ2n) is 10.6. The monoisotopic (exact) mass is 606 g/mol. The summed E-state index contributed by atoms with van der Waals surface area (Å²) in [5.74, 6) is -10.7. The zero-order chi connectivity index (χ0) is 31.4. The van der Waals surface area contributed by atoms with Gasteiger partial charge in [0, 0.05) is 46.5 Å². The maximum absolute atomic E-state index is 13.5. The Labute approximate surface area is 245 Å². The maximum atomic E-state index is 13.5. The second kappa shape index (κ2) is 8.89. The normalized spacial score (nSPS) is 24.6. The lowest BCUT2D eigenvalue weighted by atomic mass is 9.74. The molecule has 0 fully saturated rings. The van der Waals surface area contributed by atoms with Crippen LogP contribution in [0.5, 0.6) is 63.2 Å². The summed E-state index contributed by atoms with van der Waals surface area (Å²) < 4.78 is 18.2. The molecule has 14 nitrogen and oxygen atoms in total. The molecule has 3 aliphatic rings. The lowest BCUT2D eigenvalue weighted by Crippen LogP contribution is -2.57. The van der Waals surface area contributed by atoms with Crippen LogP contribution in [0.3, 0.4) is 0 Å². The highest BCUT2D eigenvalue weighted by molar-refractivity contribution is 6.06. The van der Waals surface area contributed by atoms with E-state index >= 15 is 0 Å². The molecule has 2 bridgehead atoms. The highest BCUT2D eigenvalue weighted by atomic mass is 16.7. The Morgan fingerprint density at radius 1 is 0.659 bits per heavy atom. The van der Waals surface area contributed by atoms with Crippen LogP contribution in [-0.2, 0) is 5.79 Å². The summed E-state index contributed by atoms with van der Waals surface area (Å²) in [4.78, 5) is 13.5. The van der Waals surface area contributed by atoms with E-state index in [-0.39, 0.29) is 45.3 Å². The van der Waals surface area contributed by atoms with E-state index in [1.165, 1.54) is 12.1 Å². The number of hydrogen-bond donors (Lipinski definition) is 10. The zero-order valence-electron chi connectivity index (χ0n) is 22.0. The van der Waals surface area contributed by atoms with Gasteiger partial charge in [0.05, 0.1) is 5.92 Å². The Bertz CT molecular complexity index is 1900. The second-order valence-corrected chi connectivity index (χ2v) is 10.6. The van der Waals surface area contributed by atoms with Crippen LogP contribution in [0.25, 0.3) is 0 Å². The number of Topliss-reactive ketones (excluding diaryl/α,β-unsaturated/α-hetero) is 1. The molecule has 4 aromatic rings. The van der Waals surface area contributed by atoms with Gasteiger partial charge in [0.15, 0.2) is 29.5 Å². The van der Waals surface area contributed by atoms with Crippen LogP contribution in [-0.4, -0.2) is 69.1 Å². The third kappa shape index (κ3) is 3.52. The number of ether oxygens (including phenoxy) is 3. The summed E-state index contributed by atoms with van der Waals surface area (Å²) in [6.07, 6.45) is -5.39. The standard InChI is InChI=1S/C30H22O14/c31-10-1-2-12(13(33)5-10)27-26(40)25(39)21-15(35)8-19-22(28(21)42-27)23-20-14(34)6-11(32)7-18(20)43-30(44-19,29(23)41)9-3-16(36)24(38)17(37)4-9/h1-8,23,26-27,29,31-38,40-41H. The first kappa shape index (κ1) is 27.1. The third-order valence-electron chi connectivity index (χ3n) is 8.06. The lowest BCUT2D eigenvalue weighted by molar-refractivity contribution is -0.219. The molecule has 0 saturated carbocycles. The molecular weight excluding hydrogens is 584 g/mol. The fraction of sp³-hybridized carbons (Fsp3) is 0.167. The zero-order valence-corrected chi connectivity index (χ0v) is 22.0. The molecule has 226 valence electrons. The Morgan fingerprint density at radius 2 is 1.30 bits per heavy atom. The van der Waals surface area contributed by atoms with E-state index in [2.05, 4.69) is 0 Å². The Kier molecular flexibility index (Phi) is 5.48. The molecule has 0 spiro atoms. The van der Waals surface area contributed by atoms with E-state index in [9.17, 15) is 55.9 Å². The van der Waals surface area contributed by atoms with Gasteiger partial charge in [-0.15, -0.1) is 0 Å². The Morgan fingerprint density at radius 3 is 1.95 bits per heavy atom. The Balaban J connectivity index is 1.51. The first-order valence-corrected chi connectivity index (χ1v) is 13.0. The van der Waals surface area contributed by atoms with Crippen molar-refractivity contribution in [1.29, 1.82) is 0 Å². The van der Waals surface area contributed by atoms with Crippen molar-refractivity contribution >= 4 is 5.78 Å². The van der Waals surface area contributed by atoms with Gasteiger partial charge in [-0.05, 0) is 24.3 Å². The van der Waals surface area contributed by atoms with Crippen molar-refractivity contribution in [3.8, 4) is 63.2 Å². The minimum Gasteiger partial charge on any atom is -0.508 e. The molecule has 0 saturated heterocycles. The van der Waals surface area contributed by atoms with Gasteiger partial charge >= 0.3 is 5.79 Å². The number of aliphatic hydroxyl groups excluding tert-OH is 2. The van der Waals surface area contributed by atoms with Gasteiger partial charge in [-0.3, -0.25) is 4.79 Å². The molecule has 14 heteroatoms. The average molecular weight is 606 g/mol. The molecule has 0 aromatic heterocycles. The summed E-state index contributed by atoms with van der Waals surface area (Å²) in [7, 11) is 0. The van der Waals surface area contributed by atoms with Gasteiger partial charge in [0.1, 0.15) is 57.7 Å². The van der Waals surface area contributed by atoms with Crippen molar-refractivity contribution in [3.05, 3.63) is 76.3 Å². The van der Waals surface area contributed by atoms with Crippen molar-refractivity contribution in [2.75, 3.05) is 0 Å². The van der Waals surface area contributed by atoms with Crippen molar-refractivity contribution in [2.45, 2.75) is 30.0 Å². The van der Waals surface area contributed by atoms with Crippen molar-refractivity contribution in [2.24, 2.45) is 0 Å². The fourth-order valence-electron chi connectivity index (χ4n) is 6.10. The van der Waals surface area contributed by atoms with Crippen LogP contribution in [0.4, 0.5) is 0 Å². The molecule has 3 heterocycles. The van der Waals surface area contributed by atoms with Crippen LogP contribution < -0.4 is 14.2 Å². The average Bonchev–Trinajstić information content (AvgIpc) is 2.94. The molecule has 4 aromatic carbocycles. The molecule has 10 N–H and O–H groups in total. The number of hydrogen-bond acceptors (Lipinski definition) is 14. The molecular formula is C30H22O14. The number of aliphatic hydroxyl groups is 2. The van der Waals surface area contributed by atoms with Crippen LogP contribution >= 0.6 is 0 Å². The minimum atomic E-state index is -2.36. The lowest BCUT2D eigenvalue weighted by Gasteiger charge is -2.50. The number of benzene rings is 4. The topological polar surface area (TPSA) is 247 Å². The van der Waals surface area contributed by atoms with E-state index in [1.807, 2.05) is 0 Å². The van der Waals surface area contributed by atoms with E-state index in [1.54, 1.807) is 0 Å². The number of ketones is 1. The number of carbonyl (C=O) groups excluding carboxylic acids is 1. The van der Waals surface area contributed by atoms with Gasteiger partial charge in [-0.2, -0.15) is 0 Å². The Hall–Kier alpha value is -5.73. The van der Waals surface area contributed by atoms with Gasteiger partial charge in [-0.25, -0.2) is 0 Å². The summed E-state index contributed by atoms with van der Waals surface area (Å²) in [5, 5.41) is 106. The van der Waals surface area contributed by atoms with Crippen molar-refractivity contribution < 1.29 is 70.1 Å². The maximum Gasteiger partial charge on any atom is 0.305 e. The van der Waals surface area contributed by atoms with Crippen LogP contribution in [0.2, 0.25) is 0 Å². The highest BCUT2D eigenvalue weighted by Crippen LogP contribution is 2.62. The number of phenols is 8. The predicted octanol–water partition coefficient (Wildman–Crippen LogP) is 2.14. The van der Waals surface area contributed by atoms with Gasteiger partial charge < -0.3 is 65.3 Å². The summed E-state index contributed by atoms with van der Waals surface area (Å²) in [6, 6.07) is 8.29. The molecule has 44 heavy (non-hydrogen) atoms. The SMILES string of the molecule is O=C1c2c(O)cc3c(c2OC(c2ccc(O)cc2O)C1O)C1c2c(O)cc(O)cc2OC(c2cc(O)c(O)c(O)c2)(O3)C1O. The third-order valence-corrected chi connectivity index (χ3v) is 8.06. The number of rotatable bonds is 2.